The molecule has 0 aliphatic rings. The SMILES string of the molecule is COC(=O)c1cc(C(=O)OC)cc(C(=O)C(=O)c2ccccc2)c1. The Morgan fingerprint density at radius 3 is 1.50 bits per heavy atom. The van der Waals surface area contributed by atoms with E-state index in [0.29, 0.717) is 0 Å². The quantitative estimate of drug-likeness (QED) is 0.476. The van der Waals surface area contributed by atoms with Crippen LogP contribution in [-0.2, 0) is 9.47 Å². The standard InChI is InChI=1S/C18H14O6/c1-23-17(21)13-8-12(9-14(10-13)18(22)24-2)16(20)15(19)11-6-4-3-5-7-11/h3-10H,1-2H3. The van der Waals surface area contributed by atoms with Crippen LogP contribution < -0.4 is 0 Å². The summed E-state index contributed by atoms with van der Waals surface area (Å²) in [6, 6.07) is 11.6. The van der Waals surface area contributed by atoms with Crippen molar-refractivity contribution in [3.8, 4) is 0 Å². The van der Waals surface area contributed by atoms with E-state index in [1.54, 1.807) is 18.2 Å². The molecule has 0 aliphatic heterocycles. The smallest absolute Gasteiger partial charge is 0.337 e. The van der Waals surface area contributed by atoms with Crippen molar-refractivity contribution < 1.29 is 28.7 Å². The lowest BCUT2D eigenvalue weighted by atomic mass is 9.97. The Bertz CT molecular complexity index is 773. The largest absolute Gasteiger partial charge is 0.465 e. The van der Waals surface area contributed by atoms with Gasteiger partial charge in [0.15, 0.2) is 0 Å². The molecule has 2 rings (SSSR count). The van der Waals surface area contributed by atoms with Crippen LogP contribution in [0.15, 0.2) is 48.5 Å². The second-order valence-electron chi connectivity index (χ2n) is 4.81. The van der Waals surface area contributed by atoms with Crippen LogP contribution >= 0.6 is 0 Å². The van der Waals surface area contributed by atoms with E-state index in [-0.39, 0.29) is 22.3 Å². The fourth-order valence-electron chi connectivity index (χ4n) is 2.08. The highest BCUT2D eigenvalue weighted by Gasteiger charge is 2.22. The number of Topliss-reactive ketones (excluding diaryl/α,β-unsaturated/α-hetero) is 2. The van der Waals surface area contributed by atoms with Crippen molar-refractivity contribution in [2.45, 2.75) is 0 Å². The molecule has 0 fully saturated rings. The molecule has 0 radical (unpaired) electrons. The third kappa shape index (κ3) is 3.55. The lowest BCUT2D eigenvalue weighted by Gasteiger charge is -2.07. The maximum atomic E-state index is 12.4. The first-order valence-electron chi connectivity index (χ1n) is 6.93. The number of hydrogen-bond donors (Lipinski definition) is 0. The van der Waals surface area contributed by atoms with Gasteiger partial charge in [0.1, 0.15) is 0 Å². The predicted molar refractivity (Wildman–Crippen MR) is 84.2 cm³/mol. The Kier molecular flexibility index (Phi) is 5.21. The zero-order valence-electron chi connectivity index (χ0n) is 13.1. The first-order valence-corrected chi connectivity index (χ1v) is 6.93. The molecule has 6 heteroatoms. The second kappa shape index (κ2) is 7.32. The number of ether oxygens (including phenoxy) is 2. The summed E-state index contributed by atoms with van der Waals surface area (Å²) in [5.41, 5.74) is 0.0759. The average molecular weight is 326 g/mol. The molecule has 122 valence electrons. The summed E-state index contributed by atoms with van der Waals surface area (Å²) >= 11 is 0. The van der Waals surface area contributed by atoms with Crippen LogP contribution in [0.5, 0.6) is 0 Å². The van der Waals surface area contributed by atoms with Crippen molar-refractivity contribution in [1.82, 2.24) is 0 Å². The summed E-state index contributed by atoms with van der Waals surface area (Å²) in [6.07, 6.45) is 0. The summed E-state index contributed by atoms with van der Waals surface area (Å²) in [4.78, 5) is 48.1. The minimum absolute atomic E-state index is 0.0235. The van der Waals surface area contributed by atoms with Gasteiger partial charge in [-0.3, -0.25) is 9.59 Å². The van der Waals surface area contributed by atoms with Crippen molar-refractivity contribution in [2.75, 3.05) is 14.2 Å². The van der Waals surface area contributed by atoms with Gasteiger partial charge in [-0.15, -0.1) is 0 Å². The highest BCUT2D eigenvalue weighted by Crippen LogP contribution is 2.15. The Morgan fingerprint density at radius 1 is 0.625 bits per heavy atom. The molecule has 0 amide bonds. The molecule has 0 N–H and O–H groups in total. The van der Waals surface area contributed by atoms with E-state index in [4.69, 9.17) is 0 Å². The first kappa shape index (κ1) is 17.1. The number of hydrogen-bond acceptors (Lipinski definition) is 6. The van der Waals surface area contributed by atoms with Gasteiger partial charge in [-0.1, -0.05) is 30.3 Å². The Morgan fingerprint density at radius 2 is 1.04 bits per heavy atom. The topological polar surface area (TPSA) is 86.7 Å². The molecular formula is C18H14O6. The molecule has 2 aromatic rings. The Labute approximate surface area is 138 Å². The summed E-state index contributed by atoms with van der Waals surface area (Å²) < 4.78 is 9.19. The molecule has 0 saturated heterocycles. The van der Waals surface area contributed by atoms with Gasteiger partial charge in [0, 0.05) is 11.1 Å². The average Bonchev–Trinajstić information content (AvgIpc) is 2.65. The lowest BCUT2D eigenvalue weighted by molar-refractivity contribution is 0.0598. The number of rotatable bonds is 5. The highest BCUT2D eigenvalue weighted by atomic mass is 16.5. The van der Waals surface area contributed by atoms with E-state index in [0.717, 1.165) is 0 Å². The van der Waals surface area contributed by atoms with Gasteiger partial charge in [0.2, 0.25) is 11.6 Å². The molecule has 0 saturated carbocycles. The molecule has 0 bridgehead atoms. The van der Waals surface area contributed by atoms with Crippen LogP contribution in [0.4, 0.5) is 0 Å². The molecule has 0 aliphatic carbocycles. The van der Waals surface area contributed by atoms with E-state index in [9.17, 15) is 19.2 Å². The second-order valence-corrected chi connectivity index (χ2v) is 4.81. The molecule has 0 unspecified atom stereocenters. The normalized spacial score (nSPS) is 9.92. The lowest BCUT2D eigenvalue weighted by Crippen LogP contribution is -2.17. The van der Waals surface area contributed by atoms with Crippen LogP contribution in [0.25, 0.3) is 0 Å². The number of methoxy groups -OCH3 is 2. The number of carbonyl (C=O) groups excluding carboxylic acids is 4. The van der Waals surface area contributed by atoms with E-state index in [1.165, 1.54) is 44.6 Å². The van der Waals surface area contributed by atoms with Gasteiger partial charge in [-0.25, -0.2) is 9.59 Å². The molecule has 24 heavy (non-hydrogen) atoms. The fraction of sp³-hybridized carbons (Fsp3) is 0.111. The third-order valence-electron chi connectivity index (χ3n) is 3.28. The van der Waals surface area contributed by atoms with Crippen molar-refractivity contribution in [3.05, 3.63) is 70.8 Å². The van der Waals surface area contributed by atoms with Gasteiger partial charge in [0.05, 0.1) is 25.3 Å². The Balaban J connectivity index is 2.48. The van der Waals surface area contributed by atoms with Crippen molar-refractivity contribution in [1.29, 1.82) is 0 Å². The minimum atomic E-state index is -0.836. The molecule has 6 nitrogen and oxygen atoms in total. The summed E-state index contributed by atoms with van der Waals surface area (Å²) in [5.74, 6) is -3.05. The molecule has 0 aromatic heterocycles. The van der Waals surface area contributed by atoms with Gasteiger partial charge in [-0.2, -0.15) is 0 Å². The van der Waals surface area contributed by atoms with Crippen LogP contribution in [0.2, 0.25) is 0 Å². The molecule has 0 atom stereocenters. The molecule has 0 heterocycles. The zero-order valence-corrected chi connectivity index (χ0v) is 13.1. The van der Waals surface area contributed by atoms with Crippen LogP contribution in [0.3, 0.4) is 0 Å². The molecule has 0 spiro atoms. The first-order chi connectivity index (χ1) is 11.5. The fourth-order valence-corrected chi connectivity index (χ4v) is 2.08. The van der Waals surface area contributed by atoms with Crippen molar-refractivity contribution in [2.24, 2.45) is 0 Å². The summed E-state index contributed by atoms with van der Waals surface area (Å²) in [7, 11) is 2.34. The molecule has 2 aromatic carbocycles. The number of carbonyl (C=O) groups is 4. The Hall–Kier alpha value is -3.28. The van der Waals surface area contributed by atoms with Crippen LogP contribution in [0, 0.1) is 0 Å². The monoisotopic (exact) mass is 326 g/mol. The van der Waals surface area contributed by atoms with E-state index in [2.05, 4.69) is 9.47 Å². The molecular weight excluding hydrogens is 312 g/mol. The summed E-state index contributed by atoms with van der Waals surface area (Å²) in [5, 5.41) is 0. The van der Waals surface area contributed by atoms with Gasteiger partial charge in [0.25, 0.3) is 0 Å². The highest BCUT2D eigenvalue weighted by molar-refractivity contribution is 6.49. The van der Waals surface area contributed by atoms with Crippen LogP contribution in [-0.4, -0.2) is 37.7 Å². The number of ketones is 2. The van der Waals surface area contributed by atoms with E-state index < -0.39 is 23.5 Å². The van der Waals surface area contributed by atoms with Crippen molar-refractivity contribution in [3.63, 3.8) is 0 Å². The minimum Gasteiger partial charge on any atom is -0.465 e. The maximum absolute atomic E-state index is 12.4. The zero-order chi connectivity index (χ0) is 17.7. The summed E-state index contributed by atoms with van der Waals surface area (Å²) in [6.45, 7) is 0. The maximum Gasteiger partial charge on any atom is 0.337 e. The number of benzene rings is 2. The third-order valence-corrected chi connectivity index (χ3v) is 3.28. The van der Waals surface area contributed by atoms with Crippen LogP contribution in [0.1, 0.15) is 41.4 Å². The number of esters is 2. The van der Waals surface area contributed by atoms with E-state index >= 15 is 0 Å². The van der Waals surface area contributed by atoms with Gasteiger partial charge in [-0.05, 0) is 18.2 Å². The van der Waals surface area contributed by atoms with Gasteiger partial charge < -0.3 is 9.47 Å². The van der Waals surface area contributed by atoms with Crippen molar-refractivity contribution >= 4 is 23.5 Å². The predicted octanol–water partition coefficient (Wildman–Crippen LogP) is 2.33. The van der Waals surface area contributed by atoms with E-state index in [1.807, 2.05) is 0 Å². The van der Waals surface area contributed by atoms with Gasteiger partial charge >= 0.3 is 11.9 Å².